The standard InChI is InChI=1S/C18H18FNOS/c1-10-9-11(5-6-12(10)19)16-17-13(3-2-4-15(17)21)20-14-7-8-22-18(14)16/h5-6,9,16,18H,2-4,7-8H2,1H3. The molecule has 1 saturated heterocycles. The van der Waals surface area contributed by atoms with Crippen molar-refractivity contribution in [2.24, 2.45) is 4.99 Å². The number of nitrogens with zero attached hydrogens (tertiary/aromatic N) is 1. The summed E-state index contributed by atoms with van der Waals surface area (Å²) in [6.07, 6.45) is 3.44. The quantitative estimate of drug-likeness (QED) is 0.778. The number of hydrogen-bond acceptors (Lipinski definition) is 3. The van der Waals surface area contributed by atoms with Gasteiger partial charge >= 0.3 is 0 Å². The van der Waals surface area contributed by atoms with Gasteiger partial charge in [0.25, 0.3) is 0 Å². The van der Waals surface area contributed by atoms with Gasteiger partial charge in [0.05, 0.1) is 5.25 Å². The number of Topliss-reactive ketones (excluding diaryl/α,β-unsaturated/α-hetero) is 1. The molecule has 22 heavy (non-hydrogen) atoms. The topological polar surface area (TPSA) is 29.4 Å². The van der Waals surface area contributed by atoms with Crippen LogP contribution in [0.15, 0.2) is 34.5 Å². The molecule has 4 heteroatoms. The molecule has 2 unspecified atom stereocenters. The predicted molar refractivity (Wildman–Crippen MR) is 88.1 cm³/mol. The predicted octanol–water partition coefficient (Wildman–Crippen LogP) is 4.18. The van der Waals surface area contributed by atoms with E-state index in [1.807, 2.05) is 23.9 Å². The Balaban J connectivity index is 1.87. The van der Waals surface area contributed by atoms with Gasteiger partial charge in [-0.1, -0.05) is 12.1 Å². The Morgan fingerprint density at radius 2 is 2.14 bits per heavy atom. The number of carbonyl (C=O) groups excluding carboxylic acids is 1. The fourth-order valence-corrected chi connectivity index (χ4v) is 5.21. The molecule has 114 valence electrons. The number of carbonyl (C=O) groups is 1. The third kappa shape index (κ3) is 2.16. The summed E-state index contributed by atoms with van der Waals surface area (Å²) >= 11 is 1.89. The van der Waals surface area contributed by atoms with Crippen LogP contribution in [-0.2, 0) is 4.79 Å². The summed E-state index contributed by atoms with van der Waals surface area (Å²) < 4.78 is 13.6. The van der Waals surface area contributed by atoms with Crippen LogP contribution in [0.25, 0.3) is 0 Å². The Morgan fingerprint density at radius 1 is 1.27 bits per heavy atom. The Hall–Kier alpha value is -1.42. The summed E-state index contributed by atoms with van der Waals surface area (Å²) in [5.74, 6) is 1.18. The van der Waals surface area contributed by atoms with Gasteiger partial charge in [-0.3, -0.25) is 9.79 Å². The zero-order chi connectivity index (χ0) is 15.3. The molecule has 0 N–H and O–H groups in total. The van der Waals surface area contributed by atoms with E-state index in [1.165, 1.54) is 11.8 Å². The first-order valence-corrected chi connectivity index (χ1v) is 8.91. The van der Waals surface area contributed by atoms with Gasteiger partial charge in [0.1, 0.15) is 5.82 Å². The number of allylic oxidation sites excluding steroid dienone is 2. The van der Waals surface area contributed by atoms with Gasteiger partial charge in [0, 0.05) is 29.3 Å². The molecule has 1 aliphatic carbocycles. The number of ketones is 1. The van der Waals surface area contributed by atoms with Crippen LogP contribution in [0.3, 0.4) is 0 Å². The molecular formula is C18H18FNOS. The number of aliphatic imine (C=N–C) groups is 1. The molecule has 2 heterocycles. The van der Waals surface area contributed by atoms with Gasteiger partial charge in [-0.2, -0.15) is 11.8 Å². The van der Waals surface area contributed by atoms with Gasteiger partial charge in [-0.25, -0.2) is 4.39 Å². The summed E-state index contributed by atoms with van der Waals surface area (Å²) in [5, 5.41) is 0.255. The lowest BCUT2D eigenvalue weighted by atomic mass is 9.77. The fourth-order valence-electron chi connectivity index (χ4n) is 3.78. The maximum atomic E-state index is 13.6. The van der Waals surface area contributed by atoms with Crippen LogP contribution < -0.4 is 0 Å². The van der Waals surface area contributed by atoms with Crippen molar-refractivity contribution in [2.45, 2.75) is 43.8 Å². The van der Waals surface area contributed by atoms with Gasteiger partial charge in [0.15, 0.2) is 5.78 Å². The molecule has 2 atom stereocenters. The van der Waals surface area contributed by atoms with E-state index in [-0.39, 0.29) is 22.8 Å². The first-order valence-electron chi connectivity index (χ1n) is 7.86. The highest BCUT2D eigenvalue weighted by atomic mass is 32.2. The van der Waals surface area contributed by atoms with E-state index in [1.54, 1.807) is 6.92 Å². The van der Waals surface area contributed by atoms with E-state index in [9.17, 15) is 9.18 Å². The highest BCUT2D eigenvalue weighted by Gasteiger charge is 2.42. The lowest BCUT2D eigenvalue weighted by molar-refractivity contribution is -0.116. The van der Waals surface area contributed by atoms with Crippen LogP contribution in [0, 0.1) is 12.7 Å². The molecule has 1 aromatic rings. The van der Waals surface area contributed by atoms with Crippen LogP contribution in [0.2, 0.25) is 0 Å². The smallest absolute Gasteiger partial charge is 0.161 e. The van der Waals surface area contributed by atoms with E-state index in [0.29, 0.717) is 12.0 Å². The van der Waals surface area contributed by atoms with Gasteiger partial charge in [0.2, 0.25) is 0 Å². The highest BCUT2D eigenvalue weighted by molar-refractivity contribution is 8.01. The second kappa shape index (κ2) is 5.34. The van der Waals surface area contributed by atoms with E-state index in [4.69, 9.17) is 4.99 Å². The van der Waals surface area contributed by atoms with Gasteiger partial charge in [-0.05, 0) is 49.1 Å². The SMILES string of the molecule is Cc1cc(C2C3=C(CCCC3=O)N=C3CCSC32)ccc1F. The van der Waals surface area contributed by atoms with Crippen LogP contribution in [-0.4, -0.2) is 22.5 Å². The molecule has 0 saturated carbocycles. The molecule has 0 bridgehead atoms. The number of rotatable bonds is 1. The third-order valence-corrected chi connectivity index (χ3v) is 6.19. The first kappa shape index (κ1) is 14.2. The Kier molecular flexibility index (Phi) is 3.44. The van der Waals surface area contributed by atoms with E-state index in [0.717, 1.165) is 41.8 Å². The minimum absolute atomic E-state index is 0.0575. The van der Waals surface area contributed by atoms with E-state index < -0.39 is 0 Å². The van der Waals surface area contributed by atoms with Gasteiger partial charge < -0.3 is 0 Å². The summed E-state index contributed by atoms with van der Waals surface area (Å²) in [6.45, 7) is 1.79. The van der Waals surface area contributed by atoms with Crippen LogP contribution in [0.1, 0.15) is 42.7 Å². The average Bonchev–Trinajstić information content (AvgIpc) is 2.96. The largest absolute Gasteiger partial charge is 0.294 e. The zero-order valence-electron chi connectivity index (χ0n) is 12.6. The number of fused-ring (bicyclic) bond motifs is 1. The molecule has 2 aliphatic heterocycles. The second-order valence-electron chi connectivity index (χ2n) is 6.27. The summed E-state index contributed by atoms with van der Waals surface area (Å²) in [6, 6.07) is 5.29. The van der Waals surface area contributed by atoms with E-state index >= 15 is 0 Å². The number of halogens is 1. The monoisotopic (exact) mass is 315 g/mol. The molecule has 3 aliphatic rings. The summed E-state index contributed by atoms with van der Waals surface area (Å²) in [5.41, 5.74) is 4.84. The average molecular weight is 315 g/mol. The first-order chi connectivity index (χ1) is 10.6. The van der Waals surface area contributed by atoms with Crippen LogP contribution in [0.4, 0.5) is 4.39 Å². The number of thioether (sulfide) groups is 1. The zero-order valence-corrected chi connectivity index (χ0v) is 13.4. The molecule has 2 nitrogen and oxygen atoms in total. The van der Waals surface area contributed by atoms with E-state index in [2.05, 4.69) is 0 Å². The molecule has 1 aromatic carbocycles. The van der Waals surface area contributed by atoms with Crippen molar-refractivity contribution in [3.63, 3.8) is 0 Å². The lowest BCUT2D eigenvalue weighted by Crippen LogP contribution is -2.32. The minimum atomic E-state index is -0.184. The van der Waals surface area contributed by atoms with Crippen molar-refractivity contribution < 1.29 is 9.18 Å². The Morgan fingerprint density at radius 3 is 2.95 bits per heavy atom. The van der Waals surface area contributed by atoms with Crippen molar-refractivity contribution in [1.82, 2.24) is 0 Å². The number of aryl methyl sites for hydroxylation is 1. The van der Waals surface area contributed by atoms with Crippen molar-refractivity contribution in [1.29, 1.82) is 0 Å². The molecule has 4 rings (SSSR count). The van der Waals surface area contributed by atoms with Gasteiger partial charge in [-0.15, -0.1) is 0 Å². The Labute approximate surface area is 133 Å². The molecular weight excluding hydrogens is 297 g/mol. The number of benzene rings is 1. The fraction of sp³-hybridized carbons (Fsp3) is 0.444. The summed E-state index contributed by atoms with van der Waals surface area (Å²) in [7, 11) is 0. The summed E-state index contributed by atoms with van der Waals surface area (Å²) in [4.78, 5) is 17.4. The molecule has 0 spiro atoms. The Bertz CT molecular complexity index is 722. The molecule has 0 radical (unpaired) electrons. The second-order valence-corrected chi connectivity index (χ2v) is 7.52. The van der Waals surface area contributed by atoms with Crippen molar-refractivity contribution in [3.8, 4) is 0 Å². The minimum Gasteiger partial charge on any atom is -0.294 e. The molecule has 0 amide bonds. The maximum absolute atomic E-state index is 13.6. The third-order valence-electron chi connectivity index (χ3n) is 4.85. The molecule has 0 aromatic heterocycles. The van der Waals surface area contributed by atoms with Crippen LogP contribution in [0.5, 0.6) is 0 Å². The number of hydrogen-bond donors (Lipinski definition) is 0. The van der Waals surface area contributed by atoms with Crippen molar-refractivity contribution in [3.05, 3.63) is 46.4 Å². The van der Waals surface area contributed by atoms with Crippen molar-refractivity contribution in [2.75, 3.05) is 5.75 Å². The maximum Gasteiger partial charge on any atom is 0.161 e. The van der Waals surface area contributed by atoms with Crippen LogP contribution >= 0.6 is 11.8 Å². The van der Waals surface area contributed by atoms with Crippen molar-refractivity contribution >= 4 is 23.3 Å². The molecule has 1 fully saturated rings. The highest BCUT2D eigenvalue weighted by Crippen LogP contribution is 2.47. The lowest BCUT2D eigenvalue weighted by Gasteiger charge is -2.33. The normalized spacial score (nSPS) is 27.5.